The van der Waals surface area contributed by atoms with Gasteiger partial charge in [0.1, 0.15) is 11.0 Å². The molecule has 0 heterocycles. The Bertz CT molecular complexity index is 888. The van der Waals surface area contributed by atoms with Crippen LogP contribution in [-0.2, 0) is 16.6 Å². The summed E-state index contributed by atoms with van der Waals surface area (Å²) in [7, 11) is 0.0646. The summed E-state index contributed by atoms with van der Waals surface area (Å²) in [5.74, 6) is 0. The van der Waals surface area contributed by atoms with E-state index >= 15 is 0 Å². The molecule has 0 spiro atoms. The standard InChI is InChI=1S/C18H20ClN3O2S/c1-4-22(13-14-5-9-17(10-6-14)21(2)3)25(23,24)18-11-16(19)8-7-15(18)12-20/h5-11H,4,13H2,1-3H3. The van der Waals surface area contributed by atoms with Crippen molar-refractivity contribution in [3.8, 4) is 6.07 Å². The topological polar surface area (TPSA) is 64.4 Å². The lowest BCUT2D eigenvalue weighted by atomic mass is 10.2. The minimum Gasteiger partial charge on any atom is -0.378 e. The van der Waals surface area contributed by atoms with Crippen LogP contribution < -0.4 is 4.90 Å². The fourth-order valence-corrected chi connectivity index (χ4v) is 4.25. The fraction of sp³-hybridized carbons (Fsp3) is 0.278. The first-order valence-electron chi connectivity index (χ1n) is 7.75. The molecule has 0 aromatic heterocycles. The zero-order valence-corrected chi connectivity index (χ0v) is 16.0. The second kappa shape index (κ2) is 7.87. The van der Waals surface area contributed by atoms with Gasteiger partial charge in [0, 0.05) is 37.9 Å². The average molecular weight is 378 g/mol. The van der Waals surface area contributed by atoms with Gasteiger partial charge in [-0.1, -0.05) is 30.7 Å². The molecule has 0 N–H and O–H groups in total. The first-order chi connectivity index (χ1) is 11.8. The summed E-state index contributed by atoms with van der Waals surface area (Å²) in [4.78, 5) is 1.91. The molecule has 0 amide bonds. The third-order valence-corrected chi connectivity index (χ3v) is 6.04. The van der Waals surface area contributed by atoms with E-state index in [1.807, 2.05) is 49.3 Å². The molecule has 0 atom stereocenters. The lowest BCUT2D eigenvalue weighted by Crippen LogP contribution is -2.31. The quantitative estimate of drug-likeness (QED) is 0.772. The van der Waals surface area contributed by atoms with E-state index in [1.165, 1.54) is 22.5 Å². The van der Waals surface area contributed by atoms with Crippen molar-refractivity contribution < 1.29 is 8.42 Å². The van der Waals surface area contributed by atoms with E-state index in [2.05, 4.69) is 0 Å². The summed E-state index contributed by atoms with van der Waals surface area (Å²) in [5.41, 5.74) is 2.00. The summed E-state index contributed by atoms with van der Waals surface area (Å²) in [5, 5.41) is 9.50. The van der Waals surface area contributed by atoms with Crippen LogP contribution in [0.3, 0.4) is 0 Å². The van der Waals surface area contributed by atoms with E-state index in [-0.39, 0.29) is 28.6 Å². The van der Waals surface area contributed by atoms with Crippen molar-refractivity contribution in [3.05, 3.63) is 58.6 Å². The molecule has 2 aromatic carbocycles. The molecule has 132 valence electrons. The Morgan fingerprint density at radius 1 is 1.12 bits per heavy atom. The maximum atomic E-state index is 13.0. The maximum Gasteiger partial charge on any atom is 0.244 e. The number of nitriles is 1. The molecule has 0 saturated carbocycles. The van der Waals surface area contributed by atoms with Crippen LogP contribution in [-0.4, -0.2) is 33.4 Å². The summed E-state index contributed by atoms with van der Waals surface area (Å²) >= 11 is 5.94. The van der Waals surface area contributed by atoms with Crippen molar-refractivity contribution in [2.45, 2.75) is 18.4 Å². The van der Waals surface area contributed by atoms with E-state index in [1.54, 1.807) is 6.92 Å². The summed E-state index contributed by atoms with van der Waals surface area (Å²) in [6, 6.07) is 13.9. The van der Waals surface area contributed by atoms with E-state index < -0.39 is 10.0 Å². The molecular weight excluding hydrogens is 358 g/mol. The molecule has 0 aliphatic rings. The van der Waals surface area contributed by atoms with Gasteiger partial charge in [-0.05, 0) is 35.9 Å². The minimum absolute atomic E-state index is 0.0609. The number of rotatable bonds is 6. The van der Waals surface area contributed by atoms with Gasteiger partial charge in [-0.2, -0.15) is 9.57 Å². The second-order valence-electron chi connectivity index (χ2n) is 5.74. The van der Waals surface area contributed by atoms with Crippen LogP contribution >= 0.6 is 11.6 Å². The van der Waals surface area contributed by atoms with Crippen LogP contribution in [0, 0.1) is 11.3 Å². The van der Waals surface area contributed by atoms with Gasteiger partial charge in [-0.3, -0.25) is 0 Å². The van der Waals surface area contributed by atoms with Gasteiger partial charge < -0.3 is 4.90 Å². The second-order valence-corrected chi connectivity index (χ2v) is 8.09. The molecule has 5 nitrogen and oxygen atoms in total. The number of benzene rings is 2. The molecule has 7 heteroatoms. The van der Waals surface area contributed by atoms with Crippen LogP contribution in [0.2, 0.25) is 5.02 Å². The van der Waals surface area contributed by atoms with Crippen molar-refractivity contribution in [2.75, 3.05) is 25.5 Å². The summed E-state index contributed by atoms with van der Waals surface area (Å²) < 4.78 is 27.3. The van der Waals surface area contributed by atoms with Crippen LogP contribution in [0.15, 0.2) is 47.4 Å². The Morgan fingerprint density at radius 3 is 2.28 bits per heavy atom. The van der Waals surface area contributed by atoms with Crippen molar-refractivity contribution in [1.29, 1.82) is 5.26 Å². The van der Waals surface area contributed by atoms with Gasteiger partial charge in [0.05, 0.1) is 5.56 Å². The number of anilines is 1. The van der Waals surface area contributed by atoms with Gasteiger partial charge in [-0.15, -0.1) is 0 Å². The highest BCUT2D eigenvalue weighted by molar-refractivity contribution is 7.89. The van der Waals surface area contributed by atoms with Gasteiger partial charge in [0.25, 0.3) is 0 Å². The van der Waals surface area contributed by atoms with E-state index in [0.717, 1.165) is 11.3 Å². The van der Waals surface area contributed by atoms with Crippen LogP contribution in [0.1, 0.15) is 18.1 Å². The molecular formula is C18H20ClN3O2S. The number of hydrogen-bond donors (Lipinski definition) is 0. The number of sulfonamides is 1. The van der Waals surface area contributed by atoms with Gasteiger partial charge in [0.2, 0.25) is 10.0 Å². The monoisotopic (exact) mass is 377 g/mol. The third kappa shape index (κ3) is 4.31. The molecule has 0 radical (unpaired) electrons. The Hall–Kier alpha value is -2.07. The first-order valence-corrected chi connectivity index (χ1v) is 9.57. The Balaban J connectivity index is 2.36. The predicted octanol–water partition coefficient (Wildman–Crippen LogP) is 3.49. The zero-order chi connectivity index (χ0) is 18.6. The Kier molecular flexibility index (Phi) is 6.07. The van der Waals surface area contributed by atoms with E-state index in [4.69, 9.17) is 11.6 Å². The average Bonchev–Trinajstić information content (AvgIpc) is 2.59. The van der Waals surface area contributed by atoms with Crippen molar-refractivity contribution in [2.24, 2.45) is 0 Å². The lowest BCUT2D eigenvalue weighted by Gasteiger charge is -2.22. The number of nitrogens with zero attached hydrogens (tertiary/aromatic N) is 3. The number of hydrogen-bond acceptors (Lipinski definition) is 4. The Labute approximate surface area is 154 Å². The zero-order valence-electron chi connectivity index (χ0n) is 14.4. The molecule has 0 fully saturated rings. The highest BCUT2D eigenvalue weighted by Crippen LogP contribution is 2.25. The van der Waals surface area contributed by atoms with Crippen molar-refractivity contribution in [1.82, 2.24) is 4.31 Å². The fourth-order valence-electron chi connectivity index (χ4n) is 2.41. The SMILES string of the molecule is CCN(Cc1ccc(N(C)C)cc1)S(=O)(=O)c1cc(Cl)ccc1C#N. The maximum absolute atomic E-state index is 13.0. The molecule has 0 unspecified atom stereocenters. The van der Waals surface area contributed by atoms with Crippen LogP contribution in [0.4, 0.5) is 5.69 Å². The molecule has 0 aliphatic carbocycles. The van der Waals surface area contributed by atoms with Crippen LogP contribution in [0.5, 0.6) is 0 Å². The number of halogens is 1. The minimum atomic E-state index is -3.83. The summed E-state index contributed by atoms with van der Waals surface area (Å²) in [6.07, 6.45) is 0. The highest BCUT2D eigenvalue weighted by Gasteiger charge is 2.26. The largest absolute Gasteiger partial charge is 0.378 e. The molecule has 25 heavy (non-hydrogen) atoms. The predicted molar refractivity (Wildman–Crippen MR) is 100 cm³/mol. The molecule has 0 aliphatic heterocycles. The van der Waals surface area contributed by atoms with Crippen LogP contribution in [0.25, 0.3) is 0 Å². The molecule has 0 bridgehead atoms. The van der Waals surface area contributed by atoms with Gasteiger partial charge in [0.15, 0.2) is 0 Å². The van der Waals surface area contributed by atoms with E-state index in [0.29, 0.717) is 0 Å². The van der Waals surface area contributed by atoms with Crippen molar-refractivity contribution in [3.63, 3.8) is 0 Å². The van der Waals surface area contributed by atoms with Crippen molar-refractivity contribution >= 4 is 27.3 Å². The summed E-state index contributed by atoms with van der Waals surface area (Å²) in [6.45, 7) is 2.28. The van der Waals surface area contributed by atoms with Gasteiger partial charge in [-0.25, -0.2) is 8.42 Å². The lowest BCUT2D eigenvalue weighted by molar-refractivity contribution is 0.423. The molecule has 0 saturated heterocycles. The molecule has 2 rings (SSSR count). The Morgan fingerprint density at radius 2 is 1.76 bits per heavy atom. The van der Waals surface area contributed by atoms with E-state index in [9.17, 15) is 13.7 Å². The molecule has 2 aromatic rings. The third-order valence-electron chi connectivity index (χ3n) is 3.85. The van der Waals surface area contributed by atoms with Gasteiger partial charge >= 0.3 is 0 Å². The normalized spacial score (nSPS) is 11.4. The highest BCUT2D eigenvalue weighted by atomic mass is 35.5. The first kappa shape index (κ1) is 19.3. The smallest absolute Gasteiger partial charge is 0.244 e.